The maximum absolute atomic E-state index is 12.5. The van der Waals surface area contributed by atoms with Gasteiger partial charge in [0.05, 0.1) is 0 Å². The lowest BCUT2D eigenvalue weighted by molar-refractivity contribution is -0.137. The molecule has 1 aliphatic heterocycles. The zero-order chi connectivity index (χ0) is 13.5. The third-order valence-electron chi connectivity index (χ3n) is 3.92. The Hall–Kier alpha value is -0.610. The van der Waals surface area contributed by atoms with Crippen molar-refractivity contribution in [2.75, 3.05) is 33.2 Å². The molecule has 4 nitrogen and oxygen atoms in total. The highest BCUT2D eigenvalue weighted by Crippen LogP contribution is 2.17. The molecule has 106 valence electrons. The first-order chi connectivity index (χ1) is 8.60. The van der Waals surface area contributed by atoms with Crippen LogP contribution >= 0.6 is 0 Å². The topological polar surface area (TPSA) is 49.6 Å². The standard InChI is InChI=1S/C14H29N3O/c1-4-13-11-16(3)9-6-10-17(13)14(18)12(2)7-5-8-15/h12-13H,4-11,15H2,1-3H3. The van der Waals surface area contributed by atoms with E-state index in [-0.39, 0.29) is 5.92 Å². The molecule has 1 saturated heterocycles. The number of carbonyl (C=O) groups is 1. The molecule has 1 fully saturated rings. The summed E-state index contributed by atoms with van der Waals surface area (Å²) in [6.45, 7) is 7.91. The van der Waals surface area contributed by atoms with E-state index in [2.05, 4.69) is 23.8 Å². The molecule has 1 aliphatic rings. The van der Waals surface area contributed by atoms with Crippen molar-refractivity contribution in [3.05, 3.63) is 0 Å². The minimum absolute atomic E-state index is 0.117. The van der Waals surface area contributed by atoms with Crippen molar-refractivity contribution in [3.63, 3.8) is 0 Å². The molecule has 2 N–H and O–H groups in total. The van der Waals surface area contributed by atoms with E-state index in [1.165, 1.54) is 0 Å². The number of nitrogens with two attached hydrogens (primary N) is 1. The fourth-order valence-corrected chi connectivity index (χ4v) is 2.71. The number of amides is 1. The smallest absolute Gasteiger partial charge is 0.225 e. The minimum Gasteiger partial charge on any atom is -0.338 e. The van der Waals surface area contributed by atoms with Crippen molar-refractivity contribution >= 4 is 5.91 Å². The van der Waals surface area contributed by atoms with Crippen molar-refractivity contribution in [2.24, 2.45) is 11.7 Å². The lowest BCUT2D eigenvalue weighted by atomic mass is 10.0. The minimum atomic E-state index is 0.117. The van der Waals surface area contributed by atoms with Gasteiger partial charge in [0.1, 0.15) is 0 Å². The van der Waals surface area contributed by atoms with Crippen LogP contribution in [0.4, 0.5) is 0 Å². The van der Waals surface area contributed by atoms with E-state index in [0.717, 1.165) is 45.3 Å². The van der Waals surface area contributed by atoms with E-state index in [9.17, 15) is 4.79 Å². The molecule has 0 aliphatic carbocycles. The Morgan fingerprint density at radius 3 is 2.78 bits per heavy atom. The summed E-state index contributed by atoms with van der Waals surface area (Å²) in [7, 11) is 2.15. The third-order valence-corrected chi connectivity index (χ3v) is 3.92. The highest BCUT2D eigenvalue weighted by Gasteiger charge is 2.28. The SMILES string of the molecule is CCC1CN(C)CCCN1C(=O)C(C)CCCN. The highest BCUT2D eigenvalue weighted by atomic mass is 16.2. The zero-order valence-electron chi connectivity index (χ0n) is 12.2. The fourth-order valence-electron chi connectivity index (χ4n) is 2.71. The Morgan fingerprint density at radius 1 is 1.44 bits per heavy atom. The zero-order valence-corrected chi connectivity index (χ0v) is 12.2. The Bertz CT molecular complexity index is 257. The lowest BCUT2D eigenvalue weighted by Gasteiger charge is -2.32. The number of carbonyl (C=O) groups excluding carboxylic acids is 1. The number of nitrogens with zero attached hydrogens (tertiary/aromatic N) is 2. The lowest BCUT2D eigenvalue weighted by Crippen LogP contribution is -2.45. The van der Waals surface area contributed by atoms with Crippen LogP contribution in [0.15, 0.2) is 0 Å². The Labute approximate surface area is 111 Å². The van der Waals surface area contributed by atoms with E-state index in [1.807, 2.05) is 6.92 Å². The molecular weight excluding hydrogens is 226 g/mol. The van der Waals surface area contributed by atoms with Gasteiger partial charge in [0, 0.05) is 25.0 Å². The van der Waals surface area contributed by atoms with Crippen molar-refractivity contribution < 1.29 is 4.79 Å². The summed E-state index contributed by atoms with van der Waals surface area (Å²) in [6.07, 6.45) is 3.98. The molecule has 18 heavy (non-hydrogen) atoms. The molecular formula is C14H29N3O. The number of rotatable bonds is 5. The van der Waals surface area contributed by atoms with Crippen LogP contribution < -0.4 is 5.73 Å². The van der Waals surface area contributed by atoms with Gasteiger partial charge in [-0.2, -0.15) is 0 Å². The predicted octanol–water partition coefficient (Wildman–Crippen LogP) is 1.30. The van der Waals surface area contributed by atoms with E-state index in [1.54, 1.807) is 0 Å². The second-order valence-electron chi connectivity index (χ2n) is 5.54. The molecule has 0 bridgehead atoms. The van der Waals surface area contributed by atoms with Gasteiger partial charge in [0.15, 0.2) is 0 Å². The molecule has 4 heteroatoms. The van der Waals surface area contributed by atoms with E-state index in [0.29, 0.717) is 18.5 Å². The van der Waals surface area contributed by atoms with Gasteiger partial charge in [-0.05, 0) is 45.8 Å². The van der Waals surface area contributed by atoms with Gasteiger partial charge < -0.3 is 15.5 Å². The van der Waals surface area contributed by atoms with Gasteiger partial charge in [0.2, 0.25) is 5.91 Å². The molecule has 0 saturated carbocycles. The van der Waals surface area contributed by atoms with Crippen LogP contribution in [0.2, 0.25) is 0 Å². The van der Waals surface area contributed by atoms with E-state index < -0.39 is 0 Å². The second kappa shape index (κ2) is 7.74. The number of hydrogen-bond donors (Lipinski definition) is 1. The van der Waals surface area contributed by atoms with Crippen LogP contribution in [-0.4, -0.2) is 55.0 Å². The molecule has 0 radical (unpaired) electrons. The monoisotopic (exact) mass is 255 g/mol. The summed E-state index contributed by atoms with van der Waals surface area (Å²) in [5, 5.41) is 0. The van der Waals surface area contributed by atoms with Crippen LogP contribution in [0.3, 0.4) is 0 Å². The van der Waals surface area contributed by atoms with Gasteiger partial charge in [0.25, 0.3) is 0 Å². The molecule has 0 spiro atoms. The first kappa shape index (κ1) is 15.4. The predicted molar refractivity (Wildman–Crippen MR) is 75.4 cm³/mol. The molecule has 0 aromatic rings. The summed E-state index contributed by atoms with van der Waals surface area (Å²) in [5.74, 6) is 0.441. The number of likely N-dealkylation sites (N-methyl/N-ethyl adjacent to an activating group) is 1. The molecule has 2 unspecified atom stereocenters. The summed E-state index contributed by atoms with van der Waals surface area (Å²) < 4.78 is 0. The molecule has 1 amide bonds. The quantitative estimate of drug-likeness (QED) is 0.805. The van der Waals surface area contributed by atoms with Crippen LogP contribution in [0.5, 0.6) is 0 Å². The summed E-state index contributed by atoms with van der Waals surface area (Å²) in [4.78, 5) is 17.0. The third kappa shape index (κ3) is 4.25. The van der Waals surface area contributed by atoms with Gasteiger partial charge in [-0.25, -0.2) is 0 Å². The largest absolute Gasteiger partial charge is 0.338 e. The first-order valence-corrected chi connectivity index (χ1v) is 7.29. The van der Waals surface area contributed by atoms with E-state index in [4.69, 9.17) is 5.73 Å². The highest BCUT2D eigenvalue weighted by molar-refractivity contribution is 5.78. The van der Waals surface area contributed by atoms with Crippen molar-refractivity contribution in [1.29, 1.82) is 0 Å². The van der Waals surface area contributed by atoms with Crippen LogP contribution in [0, 0.1) is 5.92 Å². The summed E-state index contributed by atoms with van der Waals surface area (Å²) in [6, 6.07) is 0.380. The van der Waals surface area contributed by atoms with Crippen LogP contribution in [-0.2, 0) is 4.79 Å². The molecule has 0 aromatic carbocycles. The Kier molecular flexibility index (Phi) is 6.65. The maximum Gasteiger partial charge on any atom is 0.225 e. The summed E-state index contributed by atoms with van der Waals surface area (Å²) in [5.41, 5.74) is 5.52. The molecule has 0 aromatic heterocycles. The maximum atomic E-state index is 12.5. The number of hydrogen-bond acceptors (Lipinski definition) is 3. The van der Waals surface area contributed by atoms with Crippen molar-refractivity contribution in [2.45, 2.75) is 45.6 Å². The molecule has 1 rings (SSSR count). The van der Waals surface area contributed by atoms with E-state index >= 15 is 0 Å². The Balaban J connectivity index is 2.62. The van der Waals surface area contributed by atoms with Crippen molar-refractivity contribution in [1.82, 2.24) is 9.80 Å². The van der Waals surface area contributed by atoms with Crippen molar-refractivity contribution in [3.8, 4) is 0 Å². The average Bonchev–Trinajstić information content (AvgIpc) is 2.56. The van der Waals surface area contributed by atoms with Gasteiger partial charge >= 0.3 is 0 Å². The van der Waals surface area contributed by atoms with Gasteiger partial charge in [-0.1, -0.05) is 13.8 Å². The second-order valence-corrected chi connectivity index (χ2v) is 5.54. The van der Waals surface area contributed by atoms with Crippen LogP contribution in [0.1, 0.15) is 39.5 Å². The Morgan fingerprint density at radius 2 is 2.17 bits per heavy atom. The fraction of sp³-hybridized carbons (Fsp3) is 0.929. The first-order valence-electron chi connectivity index (χ1n) is 7.29. The van der Waals surface area contributed by atoms with Gasteiger partial charge in [-0.15, -0.1) is 0 Å². The summed E-state index contributed by atoms with van der Waals surface area (Å²) >= 11 is 0. The normalized spacial score (nSPS) is 23.8. The van der Waals surface area contributed by atoms with Crippen LogP contribution in [0.25, 0.3) is 0 Å². The van der Waals surface area contributed by atoms with Gasteiger partial charge in [-0.3, -0.25) is 4.79 Å². The molecule has 1 heterocycles. The molecule has 2 atom stereocenters. The average molecular weight is 255 g/mol.